The first-order valence-electron chi connectivity index (χ1n) is 8.57. The van der Waals surface area contributed by atoms with Crippen molar-refractivity contribution in [2.24, 2.45) is 0 Å². The van der Waals surface area contributed by atoms with Crippen LogP contribution in [0.2, 0.25) is 0 Å². The lowest BCUT2D eigenvalue weighted by molar-refractivity contribution is 0.158. The van der Waals surface area contributed by atoms with Crippen LogP contribution in [0.5, 0.6) is 5.75 Å². The van der Waals surface area contributed by atoms with Crippen LogP contribution in [0.25, 0.3) is 16.7 Å². The van der Waals surface area contributed by atoms with Gasteiger partial charge < -0.3 is 4.74 Å². The lowest BCUT2D eigenvalue weighted by Crippen LogP contribution is -2.29. The molecule has 3 aromatic rings. The molecule has 0 bridgehead atoms. The largest absolute Gasteiger partial charge is 0.483 e. The molecular formula is C23H21NO. The first-order chi connectivity index (χ1) is 12.0. The number of benzene rings is 2. The lowest BCUT2D eigenvalue weighted by Gasteiger charge is -2.31. The van der Waals surface area contributed by atoms with Crippen molar-refractivity contribution in [1.82, 2.24) is 4.98 Å². The Labute approximate surface area is 148 Å². The van der Waals surface area contributed by atoms with Gasteiger partial charge in [-0.2, -0.15) is 0 Å². The summed E-state index contributed by atoms with van der Waals surface area (Å²) in [6.45, 7) is 6.25. The Bertz CT molecular complexity index is 935. The molecule has 0 amide bonds. The Balaban J connectivity index is 1.74. The molecule has 0 radical (unpaired) electrons. The third kappa shape index (κ3) is 3.08. The summed E-state index contributed by atoms with van der Waals surface area (Å²) in [5, 5.41) is 0. The number of aryl methyl sites for hydroxylation is 1. The zero-order valence-corrected chi connectivity index (χ0v) is 14.8. The molecule has 25 heavy (non-hydrogen) atoms. The minimum absolute atomic E-state index is 0.346. The van der Waals surface area contributed by atoms with Crippen molar-refractivity contribution in [2.45, 2.75) is 26.4 Å². The summed E-state index contributed by atoms with van der Waals surface area (Å²) in [5.41, 5.74) is 6.43. The van der Waals surface area contributed by atoms with Gasteiger partial charge in [-0.25, -0.2) is 0 Å². The molecule has 2 heteroatoms. The predicted molar refractivity (Wildman–Crippen MR) is 103 cm³/mol. The van der Waals surface area contributed by atoms with Gasteiger partial charge in [0, 0.05) is 22.9 Å². The molecule has 1 aliphatic rings. The number of fused-ring (bicyclic) bond motifs is 1. The average molecular weight is 327 g/mol. The predicted octanol–water partition coefficient (Wildman–Crippen LogP) is 5.66. The zero-order valence-electron chi connectivity index (χ0n) is 14.8. The lowest BCUT2D eigenvalue weighted by atomic mass is 9.92. The molecule has 0 spiro atoms. The minimum Gasteiger partial charge on any atom is -0.483 e. The van der Waals surface area contributed by atoms with Crippen LogP contribution in [0.4, 0.5) is 0 Å². The van der Waals surface area contributed by atoms with Crippen LogP contribution < -0.4 is 4.74 Å². The van der Waals surface area contributed by atoms with Crippen LogP contribution in [0, 0.1) is 6.92 Å². The number of pyridine rings is 1. The van der Waals surface area contributed by atoms with E-state index >= 15 is 0 Å². The molecule has 0 N–H and O–H groups in total. The minimum atomic E-state index is -0.346. The van der Waals surface area contributed by atoms with Crippen LogP contribution in [-0.4, -0.2) is 10.6 Å². The summed E-state index contributed by atoms with van der Waals surface area (Å²) in [5.74, 6) is 0.911. The second kappa shape index (κ2) is 5.89. The maximum absolute atomic E-state index is 6.07. The molecular weight excluding hydrogens is 306 g/mol. The van der Waals surface area contributed by atoms with Gasteiger partial charge in [0.1, 0.15) is 11.4 Å². The number of para-hydroxylation sites is 1. The highest BCUT2D eigenvalue weighted by Gasteiger charge is 2.27. The van der Waals surface area contributed by atoms with Crippen LogP contribution in [0.15, 0.2) is 72.9 Å². The third-order valence-electron chi connectivity index (χ3n) is 4.47. The van der Waals surface area contributed by atoms with Crippen molar-refractivity contribution in [2.75, 3.05) is 0 Å². The van der Waals surface area contributed by atoms with Crippen molar-refractivity contribution in [3.63, 3.8) is 0 Å². The second-order valence-electron chi connectivity index (χ2n) is 7.06. The number of ether oxygens (including phenoxy) is 1. The number of aromatic nitrogens is 1. The highest BCUT2D eigenvalue weighted by atomic mass is 16.5. The van der Waals surface area contributed by atoms with E-state index in [4.69, 9.17) is 9.72 Å². The number of hydrogen-bond acceptors (Lipinski definition) is 2. The molecule has 4 rings (SSSR count). The third-order valence-corrected chi connectivity index (χ3v) is 4.47. The number of hydrogen-bond donors (Lipinski definition) is 0. The van der Waals surface area contributed by atoms with Gasteiger partial charge in [-0.05, 0) is 44.5 Å². The highest BCUT2D eigenvalue weighted by molar-refractivity contribution is 5.83. The zero-order chi connectivity index (χ0) is 17.4. The van der Waals surface area contributed by atoms with E-state index in [0.717, 1.165) is 28.1 Å². The Morgan fingerprint density at radius 1 is 0.840 bits per heavy atom. The van der Waals surface area contributed by atoms with Gasteiger partial charge in [0.05, 0.1) is 5.69 Å². The van der Waals surface area contributed by atoms with Crippen LogP contribution in [-0.2, 0) is 0 Å². The molecule has 124 valence electrons. The molecule has 0 atom stereocenters. The standard InChI is InChI=1S/C23H21NO/c1-16-8-10-17(11-9-16)18-12-13-21(24-15-18)20-14-23(2,3)25-22-7-5-4-6-19(20)22/h4-15H,1-3H3. The van der Waals surface area contributed by atoms with Crippen molar-refractivity contribution in [3.05, 3.63) is 89.8 Å². The van der Waals surface area contributed by atoms with E-state index in [9.17, 15) is 0 Å². The SMILES string of the molecule is Cc1ccc(-c2ccc(C3=CC(C)(C)Oc4ccccc43)nc2)cc1. The van der Waals surface area contributed by atoms with Gasteiger partial charge in [0.25, 0.3) is 0 Å². The van der Waals surface area contributed by atoms with E-state index in [0.29, 0.717) is 0 Å². The number of rotatable bonds is 2. The van der Waals surface area contributed by atoms with E-state index in [1.54, 1.807) is 0 Å². The maximum Gasteiger partial charge on any atom is 0.128 e. The summed E-state index contributed by atoms with van der Waals surface area (Å²) < 4.78 is 6.07. The molecule has 0 saturated carbocycles. The Kier molecular flexibility index (Phi) is 3.69. The normalized spacial score (nSPS) is 15.1. The molecule has 2 heterocycles. The first kappa shape index (κ1) is 15.6. The van der Waals surface area contributed by atoms with Crippen molar-refractivity contribution >= 4 is 5.57 Å². The van der Waals surface area contributed by atoms with Crippen molar-refractivity contribution in [1.29, 1.82) is 0 Å². The van der Waals surface area contributed by atoms with Gasteiger partial charge in [-0.3, -0.25) is 4.98 Å². The summed E-state index contributed by atoms with van der Waals surface area (Å²) >= 11 is 0. The highest BCUT2D eigenvalue weighted by Crippen LogP contribution is 2.38. The summed E-state index contributed by atoms with van der Waals surface area (Å²) in [6.07, 6.45) is 4.11. The van der Waals surface area contributed by atoms with Gasteiger partial charge in [0.15, 0.2) is 0 Å². The fraction of sp³-hybridized carbons (Fsp3) is 0.174. The van der Waals surface area contributed by atoms with Crippen molar-refractivity contribution < 1.29 is 4.74 Å². The first-order valence-corrected chi connectivity index (χ1v) is 8.57. The fourth-order valence-electron chi connectivity index (χ4n) is 3.20. The molecule has 1 aliphatic heterocycles. The Hall–Kier alpha value is -2.87. The quantitative estimate of drug-likeness (QED) is 0.606. The van der Waals surface area contributed by atoms with Crippen molar-refractivity contribution in [3.8, 4) is 16.9 Å². The second-order valence-corrected chi connectivity index (χ2v) is 7.06. The van der Waals surface area contributed by atoms with Gasteiger partial charge in [-0.1, -0.05) is 54.1 Å². The van der Waals surface area contributed by atoms with E-state index in [1.165, 1.54) is 11.1 Å². The monoisotopic (exact) mass is 327 g/mol. The van der Waals surface area contributed by atoms with E-state index in [2.05, 4.69) is 69.3 Å². The topological polar surface area (TPSA) is 22.1 Å². The van der Waals surface area contributed by atoms with Crippen LogP contribution >= 0.6 is 0 Å². The van der Waals surface area contributed by atoms with E-state index < -0.39 is 0 Å². The molecule has 0 unspecified atom stereocenters. The molecule has 2 aromatic carbocycles. The van der Waals surface area contributed by atoms with Gasteiger partial charge in [-0.15, -0.1) is 0 Å². The van der Waals surface area contributed by atoms with Crippen LogP contribution in [0.3, 0.4) is 0 Å². The molecule has 0 aliphatic carbocycles. The van der Waals surface area contributed by atoms with Gasteiger partial charge >= 0.3 is 0 Å². The molecule has 2 nitrogen and oxygen atoms in total. The Morgan fingerprint density at radius 2 is 1.56 bits per heavy atom. The summed E-state index contributed by atoms with van der Waals surface area (Å²) in [6, 6.07) is 20.9. The maximum atomic E-state index is 6.07. The van der Waals surface area contributed by atoms with E-state index in [-0.39, 0.29) is 5.60 Å². The molecule has 0 saturated heterocycles. The van der Waals surface area contributed by atoms with E-state index in [1.807, 2.05) is 24.4 Å². The fourth-order valence-corrected chi connectivity index (χ4v) is 3.20. The Morgan fingerprint density at radius 3 is 2.28 bits per heavy atom. The average Bonchev–Trinajstić information content (AvgIpc) is 2.61. The number of nitrogens with zero attached hydrogens (tertiary/aromatic N) is 1. The molecule has 0 fully saturated rings. The summed E-state index contributed by atoms with van der Waals surface area (Å²) in [4.78, 5) is 4.74. The van der Waals surface area contributed by atoms with Crippen LogP contribution in [0.1, 0.15) is 30.7 Å². The summed E-state index contributed by atoms with van der Waals surface area (Å²) in [7, 11) is 0. The van der Waals surface area contributed by atoms with Gasteiger partial charge in [0.2, 0.25) is 0 Å². The molecule has 1 aromatic heterocycles. The smallest absolute Gasteiger partial charge is 0.128 e.